The van der Waals surface area contributed by atoms with Gasteiger partial charge in [0.2, 0.25) is 5.88 Å². The number of rotatable bonds is 7. The zero-order chi connectivity index (χ0) is 37.6. The van der Waals surface area contributed by atoms with E-state index in [1.807, 2.05) is 0 Å². The molecule has 0 spiro atoms. The Hall–Kier alpha value is -4.50. The zero-order valence-electron chi connectivity index (χ0n) is 30.9. The molecule has 1 aliphatic heterocycles. The normalized spacial score (nSPS) is 18.2. The molecule has 1 fully saturated rings. The third-order valence-corrected chi connectivity index (χ3v) is 14.4. The highest BCUT2D eigenvalue weighted by atomic mass is 28.4. The summed E-state index contributed by atoms with van der Waals surface area (Å²) in [5.41, 5.74) is -0.176. The summed E-state index contributed by atoms with van der Waals surface area (Å²) >= 11 is 0. The lowest BCUT2D eigenvalue weighted by atomic mass is 9.79. The van der Waals surface area contributed by atoms with Crippen molar-refractivity contribution in [1.29, 1.82) is 0 Å². The maximum absolute atomic E-state index is 16.5. The number of pyridine rings is 2. The second kappa shape index (κ2) is 13.9. The van der Waals surface area contributed by atoms with E-state index in [0.717, 1.165) is 4.90 Å². The summed E-state index contributed by atoms with van der Waals surface area (Å²) in [5, 5.41) is 15.8. The molecule has 1 saturated carbocycles. The highest BCUT2D eigenvalue weighted by molar-refractivity contribution is 6.74. The molecule has 3 aromatic rings. The van der Waals surface area contributed by atoms with E-state index in [-0.39, 0.29) is 75.9 Å². The average molecular weight is 726 g/mol. The minimum atomic E-state index is -1.93. The van der Waals surface area contributed by atoms with Crippen LogP contribution in [0.25, 0.3) is 21.9 Å². The molecule has 13 nitrogen and oxygen atoms in total. The number of benzene rings is 1. The van der Waals surface area contributed by atoms with Gasteiger partial charge < -0.3 is 23.7 Å². The maximum atomic E-state index is 16.5. The molecule has 0 radical (unpaired) electrons. The Morgan fingerprint density at radius 2 is 1.73 bits per heavy atom. The summed E-state index contributed by atoms with van der Waals surface area (Å²) < 4.78 is 39.7. The van der Waals surface area contributed by atoms with Crippen molar-refractivity contribution in [2.24, 2.45) is 5.92 Å². The minimum Gasteiger partial charge on any atom is -0.474 e. The van der Waals surface area contributed by atoms with Crippen LogP contribution in [0.15, 0.2) is 24.5 Å². The topological polar surface area (TPSA) is 161 Å². The molecule has 1 aliphatic carbocycles. The number of hydrogen-bond acceptors (Lipinski definition) is 9. The molecule has 0 saturated heterocycles. The fourth-order valence-electron chi connectivity index (χ4n) is 5.97. The van der Waals surface area contributed by atoms with Crippen LogP contribution in [-0.2, 0) is 13.9 Å². The van der Waals surface area contributed by atoms with E-state index in [2.05, 4.69) is 61.4 Å². The van der Waals surface area contributed by atoms with Crippen LogP contribution in [0, 0.1) is 18.7 Å². The molecular weight excluding hydrogens is 678 g/mol. The Labute approximate surface area is 298 Å². The number of aromatic nitrogens is 2. The van der Waals surface area contributed by atoms with Gasteiger partial charge in [-0.15, -0.1) is 0 Å². The molecule has 1 aromatic carbocycles. The predicted molar refractivity (Wildman–Crippen MR) is 195 cm³/mol. The quantitative estimate of drug-likeness (QED) is 0.201. The van der Waals surface area contributed by atoms with Crippen molar-refractivity contribution in [3.8, 4) is 17.0 Å². The van der Waals surface area contributed by atoms with Crippen molar-refractivity contribution >= 4 is 54.6 Å². The fraction of sp³-hybridized carbons (Fsp3) is 0.528. The molecule has 3 N–H and O–H groups in total. The van der Waals surface area contributed by atoms with Crippen molar-refractivity contribution in [3.63, 3.8) is 0 Å². The summed E-state index contributed by atoms with van der Waals surface area (Å²) in [5.74, 6) is -0.270. The van der Waals surface area contributed by atoms with Gasteiger partial charge in [-0.05, 0) is 94.6 Å². The molecule has 51 heavy (non-hydrogen) atoms. The fourth-order valence-corrected chi connectivity index (χ4v) is 7.45. The number of halogens is 1. The lowest BCUT2D eigenvalue weighted by Crippen LogP contribution is -2.48. The Bertz CT molecular complexity index is 1850. The van der Waals surface area contributed by atoms with Crippen molar-refractivity contribution in [2.75, 3.05) is 28.7 Å². The van der Waals surface area contributed by atoms with Crippen LogP contribution in [0.4, 0.5) is 36.0 Å². The Morgan fingerprint density at radius 1 is 1.04 bits per heavy atom. The molecule has 1 atom stereocenters. The van der Waals surface area contributed by atoms with Gasteiger partial charge in [-0.1, -0.05) is 20.8 Å². The molecule has 2 aromatic heterocycles. The van der Waals surface area contributed by atoms with Crippen molar-refractivity contribution < 1.29 is 42.5 Å². The summed E-state index contributed by atoms with van der Waals surface area (Å²) in [7, 11) is -1.93. The molecule has 0 bridgehead atoms. The third kappa shape index (κ3) is 8.19. The maximum Gasteiger partial charge on any atom is 0.413 e. The van der Waals surface area contributed by atoms with Crippen LogP contribution in [0.2, 0.25) is 18.1 Å². The smallest absolute Gasteiger partial charge is 0.413 e. The SMILES string of the molecule is Cc1c(-c2cc3cc(NC(=O)OC4CC(C(C)O[Si](C)(C)C(C)(C)C)C4)ncc3c(NC(=O)OC(C)(C)C)c2F)cnc2c1N(C(=O)O)CCO2. The van der Waals surface area contributed by atoms with Gasteiger partial charge in [0, 0.05) is 35.0 Å². The zero-order valence-corrected chi connectivity index (χ0v) is 31.9. The van der Waals surface area contributed by atoms with Gasteiger partial charge in [0.25, 0.3) is 0 Å². The van der Waals surface area contributed by atoms with E-state index in [9.17, 15) is 19.5 Å². The first-order valence-corrected chi connectivity index (χ1v) is 20.0. The van der Waals surface area contributed by atoms with Crippen LogP contribution in [0.5, 0.6) is 5.88 Å². The number of anilines is 3. The molecule has 15 heteroatoms. The summed E-state index contributed by atoms with van der Waals surface area (Å²) in [6.07, 6.45) is 1.13. The first-order chi connectivity index (χ1) is 23.6. The molecule has 2 aliphatic rings. The summed E-state index contributed by atoms with van der Waals surface area (Å²) in [6.45, 7) is 20.0. The van der Waals surface area contributed by atoms with Gasteiger partial charge in [-0.3, -0.25) is 15.5 Å². The second-order valence-corrected chi connectivity index (χ2v) is 20.5. The van der Waals surface area contributed by atoms with E-state index >= 15 is 4.39 Å². The van der Waals surface area contributed by atoms with Gasteiger partial charge in [0.1, 0.15) is 29.8 Å². The van der Waals surface area contributed by atoms with E-state index in [1.165, 1.54) is 24.5 Å². The number of hydrogen-bond donors (Lipinski definition) is 3. The van der Waals surface area contributed by atoms with Crippen LogP contribution in [0.3, 0.4) is 0 Å². The summed E-state index contributed by atoms with van der Waals surface area (Å²) in [6, 6.07) is 3.06. The van der Waals surface area contributed by atoms with E-state index in [0.29, 0.717) is 23.8 Å². The number of fused-ring (bicyclic) bond motifs is 2. The van der Waals surface area contributed by atoms with Gasteiger partial charge in [0.05, 0.1) is 12.2 Å². The summed E-state index contributed by atoms with van der Waals surface area (Å²) in [4.78, 5) is 47.6. The highest BCUT2D eigenvalue weighted by Gasteiger charge is 2.43. The molecule has 5 rings (SSSR count). The van der Waals surface area contributed by atoms with Crippen LogP contribution >= 0.6 is 0 Å². The van der Waals surface area contributed by atoms with Crippen molar-refractivity contribution in [2.45, 2.75) is 104 Å². The van der Waals surface area contributed by atoms with Gasteiger partial charge >= 0.3 is 18.3 Å². The monoisotopic (exact) mass is 725 g/mol. The van der Waals surface area contributed by atoms with Crippen molar-refractivity contribution in [3.05, 3.63) is 35.9 Å². The van der Waals surface area contributed by atoms with Crippen LogP contribution in [-0.4, -0.2) is 72.6 Å². The average Bonchev–Trinajstić information content (AvgIpc) is 2.98. The highest BCUT2D eigenvalue weighted by Crippen LogP contribution is 2.43. The molecular formula is C36H48FN5O8Si. The Balaban J connectivity index is 1.41. The van der Waals surface area contributed by atoms with Gasteiger partial charge in [-0.2, -0.15) is 0 Å². The largest absolute Gasteiger partial charge is 0.474 e. The van der Waals surface area contributed by atoms with Crippen LogP contribution in [0.1, 0.15) is 66.9 Å². The lowest BCUT2D eigenvalue weighted by Gasteiger charge is -2.44. The Morgan fingerprint density at radius 3 is 2.35 bits per heavy atom. The predicted octanol–water partition coefficient (Wildman–Crippen LogP) is 8.71. The Kier molecular flexibility index (Phi) is 10.3. The first kappa shape index (κ1) is 37.7. The van der Waals surface area contributed by atoms with E-state index in [4.69, 9.17) is 18.6 Å². The minimum absolute atomic E-state index is 0.0199. The first-order valence-electron chi connectivity index (χ1n) is 17.1. The number of nitrogens with one attached hydrogen (secondary N) is 2. The number of amides is 3. The molecule has 3 heterocycles. The lowest BCUT2D eigenvalue weighted by molar-refractivity contribution is -0.0220. The molecule has 276 valence electrons. The number of nitrogens with zero attached hydrogens (tertiary/aromatic N) is 3. The number of carbonyl (C=O) groups excluding carboxylic acids is 2. The van der Waals surface area contributed by atoms with E-state index in [1.54, 1.807) is 27.7 Å². The van der Waals surface area contributed by atoms with Crippen LogP contribution < -0.4 is 20.3 Å². The second-order valence-electron chi connectivity index (χ2n) is 15.7. The number of carbonyl (C=O) groups is 3. The molecule has 3 amide bonds. The third-order valence-electron chi connectivity index (χ3n) is 9.79. The standard InChI is InChI=1S/C36H48FN5O8Si/c1-19-25(17-39-31-30(19)42(34(45)46)11-12-47-31)24-15-22-16-27(38-18-26(22)29(28(24)37)41-33(44)49-35(3,4)5)40-32(43)48-23-13-21(14-23)20(2)50-51(9,10)36(6,7)8/h15-18,20-21,23H,11-14H2,1-10H3,(H,41,44)(H,45,46)(H,38,40,43). The molecule has 1 unspecified atom stereocenters. The van der Waals surface area contributed by atoms with Crippen molar-refractivity contribution in [1.82, 2.24) is 9.97 Å². The number of carboxylic acid groups (broad SMARTS) is 1. The van der Waals surface area contributed by atoms with Gasteiger partial charge in [-0.25, -0.2) is 28.7 Å². The number of ether oxygens (including phenoxy) is 3. The van der Waals surface area contributed by atoms with Gasteiger partial charge in [0.15, 0.2) is 14.1 Å². The van der Waals surface area contributed by atoms with E-state index < -0.39 is 38.0 Å².